The van der Waals surface area contributed by atoms with Crippen molar-refractivity contribution < 1.29 is 9.59 Å². The van der Waals surface area contributed by atoms with Gasteiger partial charge in [-0.05, 0) is 43.2 Å². The van der Waals surface area contributed by atoms with E-state index in [4.69, 9.17) is 0 Å². The molecule has 0 unspecified atom stereocenters. The average molecular weight is 452 g/mol. The van der Waals surface area contributed by atoms with Crippen LogP contribution in [-0.2, 0) is 0 Å². The number of piperidine rings is 1. The van der Waals surface area contributed by atoms with Gasteiger partial charge in [0.15, 0.2) is 5.82 Å². The van der Waals surface area contributed by atoms with E-state index in [0.717, 1.165) is 24.2 Å². The first-order valence-electron chi connectivity index (χ1n) is 11.4. The Hall–Kier alpha value is -4.26. The van der Waals surface area contributed by atoms with Gasteiger partial charge < -0.3 is 10.2 Å². The van der Waals surface area contributed by atoms with Gasteiger partial charge in [-0.15, -0.1) is 0 Å². The second-order valence-corrected chi connectivity index (χ2v) is 8.38. The molecule has 1 aliphatic rings. The summed E-state index contributed by atoms with van der Waals surface area (Å²) < 4.78 is 0. The highest BCUT2D eigenvalue weighted by Crippen LogP contribution is 2.28. The number of benzene rings is 3. The second kappa shape index (κ2) is 9.70. The van der Waals surface area contributed by atoms with Crippen LogP contribution in [0.5, 0.6) is 0 Å². The predicted octanol–water partition coefficient (Wildman–Crippen LogP) is 4.74. The molecule has 0 aliphatic carbocycles. The number of hydrogen-bond donors (Lipinski definition) is 2. The molecule has 1 aromatic heterocycles. The summed E-state index contributed by atoms with van der Waals surface area (Å²) in [6.07, 6.45) is 1.64. The molecule has 34 heavy (non-hydrogen) atoms. The number of hydrogen-bond acceptors (Lipinski definition) is 4. The summed E-state index contributed by atoms with van der Waals surface area (Å²) in [5.74, 6) is 1.58. The number of rotatable bonds is 5. The molecule has 7 nitrogen and oxygen atoms in total. The van der Waals surface area contributed by atoms with Crippen molar-refractivity contribution in [1.82, 2.24) is 20.1 Å². The molecule has 1 fully saturated rings. The van der Waals surface area contributed by atoms with E-state index in [1.807, 2.05) is 53.4 Å². The summed E-state index contributed by atoms with van der Waals surface area (Å²) in [5, 5.41) is 10.3. The maximum Gasteiger partial charge on any atom is 0.255 e. The van der Waals surface area contributed by atoms with Crippen LogP contribution in [0.1, 0.15) is 45.3 Å². The van der Waals surface area contributed by atoms with Gasteiger partial charge >= 0.3 is 0 Å². The highest BCUT2D eigenvalue weighted by atomic mass is 16.2. The van der Waals surface area contributed by atoms with Crippen molar-refractivity contribution in [1.29, 1.82) is 0 Å². The van der Waals surface area contributed by atoms with Gasteiger partial charge in [0.2, 0.25) is 0 Å². The third-order valence-corrected chi connectivity index (χ3v) is 6.11. The molecule has 4 aromatic rings. The molecule has 1 aliphatic heterocycles. The molecule has 0 radical (unpaired) electrons. The van der Waals surface area contributed by atoms with E-state index in [1.165, 1.54) is 0 Å². The number of carbonyl (C=O) groups excluding carboxylic acids is 2. The topological polar surface area (TPSA) is 91.0 Å². The lowest BCUT2D eigenvalue weighted by atomic mass is 9.95. The fraction of sp³-hybridized carbons (Fsp3) is 0.185. The zero-order valence-corrected chi connectivity index (χ0v) is 18.6. The van der Waals surface area contributed by atoms with Crippen LogP contribution in [0.25, 0.3) is 11.4 Å². The Kier molecular flexibility index (Phi) is 6.16. The Balaban J connectivity index is 1.20. The smallest absolute Gasteiger partial charge is 0.255 e. The maximum atomic E-state index is 13.1. The lowest BCUT2D eigenvalue weighted by Crippen LogP contribution is -2.38. The first kappa shape index (κ1) is 21.6. The monoisotopic (exact) mass is 451 g/mol. The van der Waals surface area contributed by atoms with E-state index in [0.29, 0.717) is 35.7 Å². The van der Waals surface area contributed by atoms with Crippen molar-refractivity contribution in [3.8, 4) is 11.4 Å². The number of nitrogens with one attached hydrogen (secondary N) is 2. The van der Waals surface area contributed by atoms with Crippen LogP contribution in [-0.4, -0.2) is 45.0 Å². The minimum absolute atomic E-state index is 0.0307. The van der Waals surface area contributed by atoms with Crippen LogP contribution in [0.2, 0.25) is 0 Å². The molecule has 7 heteroatoms. The van der Waals surface area contributed by atoms with Gasteiger partial charge in [-0.2, -0.15) is 5.10 Å². The van der Waals surface area contributed by atoms with Crippen LogP contribution in [0, 0.1) is 0 Å². The summed E-state index contributed by atoms with van der Waals surface area (Å²) in [6, 6.07) is 26.0. The molecular formula is C27H25N5O2. The Labute approximate surface area is 197 Å². The summed E-state index contributed by atoms with van der Waals surface area (Å²) in [4.78, 5) is 32.1. The normalized spacial score (nSPS) is 14.1. The van der Waals surface area contributed by atoms with E-state index < -0.39 is 0 Å². The SMILES string of the molecule is O=C(Nc1cccc(C(=O)N2CCC(c3nc(-c4ccccc4)n[nH]3)CC2)c1)c1ccccc1. The standard InChI is InChI=1S/C27H25N5O2/c33-26(21-10-5-2-6-11-21)28-23-13-7-12-22(18-23)27(34)32-16-14-20(15-17-32)25-29-24(30-31-25)19-8-3-1-4-9-19/h1-13,18,20H,14-17H2,(H,28,33)(H,29,30,31). The van der Waals surface area contributed by atoms with Gasteiger partial charge in [0.05, 0.1) is 0 Å². The van der Waals surface area contributed by atoms with Gasteiger partial charge in [-0.3, -0.25) is 14.7 Å². The number of H-pyrrole nitrogens is 1. The first-order valence-corrected chi connectivity index (χ1v) is 11.4. The van der Waals surface area contributed by atoms with Crippen LogP contribution >= 0.6 is 0 Å². The second-order valence-electron chi connectivity index (χ2n) is 8.38. The summed E-state index contributed by atoms with van der Waals surface area (Å²) in [7, 11) is 0. The van der Waals surface area contributed by atoms with Gasteiger partial charge in [-0.25, -0.2) is 4.98 Å². The molecule has 1 saturated heterocycles. The predicted molar refractivity (Wildman–Crippen MR) is 131 cm³/mol. The zero-order chi connectivity index (χ0) is 23.3. The van der Waals surface area contributed by atoms with Crippen LogP contribution in [0.3, 0.4) is 0 Å². The highest BCUT2D eigenvalue weighted by molar-refractivity contribution is 6.05. The number of likely N-dealkylation sites (tertiary alicyclic amines) is 1. The van der Waals surface area contributed by atoms with E-state index in [1.54, 1.807) is 36.4 Å². The fourth-order valence-corrected chi connectivity index (χ4v) is 4.23. The van der Waals surface area contributed by atoms with Gasteiger partial charge in [0, 0.05) is 41.4 Å². The number of nitrogens with zero attached hydrogens (tertiary/aromatic N) is 3. The quantitative estimate of drug-likeness (QED) is 0.458. The van der Waals surface area contributed by atoms with E-state index >= 15 is 0 Å². The molecule has 2 N–H and O–H groups in total. The summed E-state index contributed by atoms with van der Waals surface area (Å²) in [6.45, 7) is 1.29. The van der Waals surface area contributed by atoms with Crippen molar-refractivity contribution in [3.63, 3.8) is 0 Å². The third-order valence-electron chi connectivity index (χ3n) is 6.11. The Morgan fingerprint density at radius 3 is 2.26 bits per heavy atom. The highest BCUT2D eigenvalue weighted by Gasteiger charge is 2.27. The average Bonchev–Trinajstić information content (AvgIpc) is 3.40. The number of carbonyl (C=O) groups is 2. The molecule has 2 heterocycles. The summed E-state index contributed by atoms with van der Waals surface area (Å²) >= 11 is 0. The third kappa shape index (κ3) is 4.73. The number of aromatic amines is 1. The molecular weight excluding hydrogens is 426 g/mol. The molecule has 0 saturated carbocycles. The number of anilines is 1. The minimum atomic E-state index is -0.201. The summed E-state index contributed by atoms with van der Waals surface area (Å²) in [5.41, 5.74) is 2.72. The Morgan fingerprint density at radius 2 is 1.53 bits per heavy atom. The van der Waals surface area contributed by atoms with Crippen LogP contribution in [0.15, 0.2) is 84.9 Å². The van der Waals surface area contributed by atoms with Gasteiger partial charge in [-0.1, -0.05) is 54.6 Å². The molecule has 0 bridgehead atoms. The molecule has 0 spiro atoms. The van der Waals surface area contributed by atoms with Crippen molar-refractivity contribution in [2.45, 2.75) is 18.8 Å². The van der Waals surface area contributed by atoms with E-state index in [2.05, 4.69) is 20.5 Å². The van der Waals surface area contributed by atoms with Gasteiger partial charge in [0.1, 0.15) is 5.82 Å². The van der Waals surface area contributed by atoms with Gasteiger partial charge in [0.25, 0.3) is 11.8 Å². The van der Waals surface area contributed by atoms with Crippen LogP contribution in [0.4, 0.5) is 5.69 Å². The Bertz CT molecular complexity index is 1280. The number of amides is 2. The van der Waals surface area contributed by atoms with Crippen molar-refractivity contribution >= 4 is 17.5 Å². The largest absolute Gasteiger partial charge is 0.339 e. The maximum absolute atomic E-state index is 13.1. The lowest BCUT2D eigenvalue weighted by molar-refractivity contribution is 0.0711. The minimum Gasteiger partial charge on any atom is -0.339 e. The molecule has 0 atom stereocenters. The Morgan fingerprint density at radius 1 is 0.853 bits per heavy atom. The first-order chi connectivity index (χ1) is 16.7. The van der Waals surface area contributed by atoms with E-state index in [-0.39, 0.29) is 17.7 Å². The molecule has 170 valence electrons. The van der Waals surface area contributed by atoms with Crippen molar-refractivity contribution in [2.24, 2.45) is 0 Å². The van der Waals surface area contributed by atoms with Crippen LogP contribution < -0.4 is 5.32 Å². The lowest BCUT2D eigenvalue weighted by Gasteiger charge is -2.31. The molecule has 3 aromatic carbocycles. The number of aromatic nitrogens is 3. The molecule has 5 rings (SSSR count). The fourth-order valence-electron chi connectivity index (χ4n) is 4.23. The van der Waals surface area contributed by atoms with Crippen molar-refractivity contribution in [2.75, 3.05) is 18.4 Å². The van der Waals surface area contributed by atoms with E-state index in [9.17, 15) is 9.59 Å². The zero-order valence-electron chi connectivity index (χ0n) is 18.6. The molecule has 2 amide bonds. The van der Waals surface area contributed by atoms with Crippen molar-refractivity contribution in [3.05, 3.63) is 102 Å².